The number of aromatic nitrogens is 2. The minimum atomic E-state index is -0.640. The van der Waals surface area contributed by atoms with E-state index in [1.165, 1.54) is 16.0 Å². The van der Waals surface area contributed by atoms with Crippen LogP contribution in [0.3, 0.4) is 0 Å². The number of fused-ring (bicyclic) bond motifs is 1. The summed E-state index contributed by atoms with van der Waals surface area (Å²) in [5.41, 5.74) is 0.639. The van der Waals surface area contributed by atoms with Gasteiger partial charge in [-0.25, -0.2) is 4.79 Å². The zero-order chi connectivity index (χ0) is 22.9. The molecule has 164 valence electrons. The Hall–Kier alpha value is -3.00. The van der Waals surface area contributed by atoms with Crippen molar-refractivity contribution in [3.8, 4) is 5.69 Å². The molecule has 0 aliphatic carbocycles. The predicted molar refractivity (Wildman–Crippen MR) is 123 cm³/mol. The van der Waals surface area contributed by atoms with Crippen molar-refractivity contribution in [2.75, 3.05) is 11.9 Å². The van der Waals surface area contributed by atoms with Gasteiger partial charge in [-0.1, -0.05) is 46.8 Å². The van der Waals surface area contributed by atoms with E-state index in [0.29, 0.717) is 22.0 Å². The van der Waals surface area contributed by atoms with E-state index < -0.39 is 16.9 Å². The molecule has 0 spiro atoms. The van der Waals surface area contributed by atoms with E-state index >= 15 is 0 Å². The molecule has 2 aromatic heterocycles. The van der Waals surface area contributed by atoms with Crippen molar-refractivity contribution in [2.45, 2.75) is 47.5 Å². The predicted octanol–water partition coefficient (Wildman–Crippen LogP) is 4.73. The lowest BCUT2D eigenvalue weighted by Crippen LogP contribution is -2.29. The molecule has 1 amide bonds. The second-order valence-electron chi connectivity index (χ2n) is 8.59. The summed E-state index contributed by atoms with van der Waals surface area (Å²) in [6.07, 6.45) is 0. The van der Waals surface area contributed by atoms with Crippen LogP contribution in [0.2, 0.25) is 0 Å². The van der Waals surface area contributed by atoms with E-state index in [4.69, 9.17) is 4.74 Å². The van der Waals surface area contributed by atoms with Crippen molar-refractivity contribution < 1.29 is 14.3 Å². The number of benzene rings is 1. The molecule has 8 heteroatoms. The lowest BCUT2D eigenvalue weighted by atomic mass is 9.96. The van der Waals surface area contributed by atoms with Crippen LogP contribution in [-0.4, -0.2) is 28.3 Å². The van der Waals surface area contributed by atoms with Gasteiger partial charge in [0, 0.05) is 16.2 Å². The minimum Gasteiger partial charge on any atom is -0.461 e. The smallest absolute Gasteiger partial charge is 0.359 e. The van der Waals surface area contributed by atoms with Gasteiger partial charge in [0.05, 0.1) is 17.7 Å². The molecule has 0 saturated carbocycles. The molecule has 0 bridgehead atoms. The van der Waals surface area contributed by atoms with E-state index in [2.05, 4.69) is 24.3 Å². The van der Waals surface area contributed by atoms with Crippen LogP contribution >= 0.6 is 11.3 Å². The molecule has 0 aliphatic heterocycles. The molecule has 3 aromatic rings. The van der Waals surface area contributed by atoms with Crippen LogP contribution in [0.5, 0.6) is 0 Å². The van der Waals surface area contributed by atoms with Crippen molar-refractivity contribution in [2.24, 2.45) is 5.41 Å². The molecule has 2 heterocycles. The molecule has 0 aliphatic rings. The number of esters is 1. The summed E-state index contributed by atoms with van der Waals surface area (Å²) in [6.45, 7) is 11.4. The quantitative estimate of drug-likeness (QED) is 0.578. The van der Waals surface area contributed by atoms with Crippen molar-refractivity contribution in [3.63, 3.8) is 0 Å². The zero-order valence-electron chi connectivity index (χ0n) is 18.6. The second-order valence-corrected chi connectivity index (χ2v) is 9.47. The van der Waals surface area contributed by atoms with Crippen LogP contribution in [0, 0.1) is 5.41 Å². The van der Waals surface area contributed by atoms with Gasteiger partial charge in [-0.15, -0.1) is 11.3 Å². The maximum absolute atomic E-state index is 13.4. The maximum Gasteiger partial charge on any atom is 0.359 e. The molecule has 0 unspecified atom stereocenters. The summed E-state index contributed by atoms with van der Waals surface area (Å²) in [4.78, 5) is 38.5. The highest BCUT2D eigenvalue weighted by atomic mass is 32.1. The number of carbonyl (C=O) groups is 2. The molecule has 0 fully saturated rings. The van der Waals surface area contributed by atoms with Crippen LogP contribution in [-0.2, 0) is 9.53 Å². The average Bonchev–Trinajstić information content (AvgIpc) is 3.12. The fourth-order valence-electron chi connectivity index (χ4n) is 2.96. The van der Waals surface area contributed by atoms with Crippen LogP contribution in [0.1, 0.15) is 63.5 Å². The average molecular weight is 442 g/mol. The van der Waals surface area contributed by atoms with Crippen LogP contribution in [0.25, 0.3) is 16.5 Å². The Bertz CT molecular complexity index is 1180. The molecule has 0 radical (unpaired) electrons. The molecular weight excluding hydrogens is 414 g/mol. The number of hydrogen-bond acceptors (Lipinski definition) is 6. The summed E-state index contributed by atoms with van der Waals surface area (Å²) in [5, 5.41) is 9.82. The first-order chi connectivity index (χ1) is 14.5. The SMILES string of the molecule is CCOC(=O)c1nn(-c2ccc(C(C)C)cc2)c(=O)c2c(NC(=O)C(C)(C)C)scc12. The summed E-state index contributed by atoms with van der Waals surface area (Å²) in [5.74, 6) is -0.503. The number of nitrogens with zero attached hydrogens (tertiary/aromatic N) is 2. The van der Waals surface area contributed by atoms with Gasteiger partial charge in [0.25, 0.3) is 5.56 Å². The van der Waals surface area contributed by atoms with Crippen molar-refractivity contribution >= 4 is 39.0 Å². The topological polar surface area (TPSA) is 90.3 Å². The first-order valence-electron chi connectivity index (χ1n) is 10.2. The number of anilines is 1. The first-order valence-corrected chi connectivity index (χ1v) is 11.1. The summed E-state index contributed by atoms with van der Waals surface area (Å²) in [6, 6.07) is 7.45. The Kier molecular flexibility index (Phi) is 6.31. The number of ether oxygens (including phenoxy) is 1. The van der Waals surface area contributed by atoms with E-state index in [1.54, 1.807) is 45.2 Å². The lowest BCUT2D eigenvalue weighted by molar-refractivity contribution is -0.123. The number of amides is 1. The lowest BCUT2D eigenvalue weighted by Gasteiger charge is -2.17. The van der Waals surface area contributed by atoms with Crippen LogP contribution in [0.15, 0.2) is 34.4 Å². The van der Waals surface area contributed by atoms with Gasteiger partial charge in [-0.05, 0) is 30.5 Å². The number of rotatable bonds is 5. The van der Waals surface area contributed by atoms with E-state index in [9.17, 15) is 14.4 Å². The van der Waals surface area contributed by atoms with E-state index in [1.807, 2.05) is 12.1 Å². The fraction of sp³-hybridized carbons (Fsp3) is 0.391. The van der Waals surface area contributed by atoms with Crippen molar-refractivity contribution in [1.29, 1.82) is 0 Å². The van der Waals surface area contributed by atoms with E-state index in [-0.39, 0.29) is 23.6 Å². The zero-order valence-corrected chi connectivity index (χ0v) is 19.4. The third-order valence-electron chi connectivity index (χ3n) is 4.83. The fourth-order valence-corrected chi connectivity index (χ4v) is 3.89. The second kappa shape index (κ2) is 8.63. The Balaban J connectivity index is 2.24. The third-order valence-corrected chi connectivity index (χ3v) is 5.73. The van der Waals surface area contributed by atoms with Gasteiger partial charge >= 0.3 is 5.97 Å². The van der Waals surface area contributed by atoms with Gasteiger partial charge in [0.15, 0.2) is 5.69 Å². The minimum absolute atomic E-state index is 0.0388. The van der Waals surface area contributed by atoms with Gasteiger partial charge < -0.3 is 10.1 Å². The standard InChI is InChI=1S/C23H27N3O4S/c1-7-30-21(28)18-16-12-31-19(24-22(29)23(4,5)6)17(16)20(27)26(25-18)15-10-8-14(9-11-15)13(2)3/h8-13H,7H2,1-6H3,(H,24,29). The highest BCUT2D eigenvalue weighted by Crippen LogP contribution is 2.32. The van der Waals surface area contributed by atoms with Gasteiger partial charge in [-0.2, -0.15) is 9.78 Å². The number of nitrogens with one attached hydrogen (secondary N) is 1. The number of carbonyl (C=O) groups excluding carboxylic acids is 2. The summed E-state index contributed by atoms with van der Waals surface area (Å²) in [7, 11) is 0. The van der Waals surface area contributed by atoms with E-state index in [0.717, 1.165) is 5.56 Å². The Morgan fingerprint density at radius 2 is 1.84 bits per heavy atom. The molecule has 0 saturated heterocycles. The Morgan fingerprint density at radius 1 is 1.19 bits per heavy atom. The Labute approximate surface area is 185 Å². The monoisotopic (exact) mass is 441 g/mol. The van der Waals surface area contributed by atoms with Gasteiger partial charge in [-0.3, -0.25) is 9.59 Å². The molecule has 1 N–H and O–H groups in total. The highest BCUT2D eigenvalue weighted by molar-refractivity contribution is 7.16. The van der Waals surface area contributed by atoms with Crippen molar-refractivity contribution in [3.05, 3.63) is 51.3 Å². The van der Waals surface area contributed by atoms with Crippen LogP contribution < -0.4 is 10.9 Å². The highest BCUT2D eigenvalue weighted by Gasteiger charge is 2.26. The largest absolute Gasteiger partial charge is 0.461 e. The molecule has 1 aromatic carbocycles. The van der Waals surface area contributed by atoms with Crippen LogP contribution in [0.4, 0.5) is 5.00 Å². The molecule has 7 nitrogen and oxygen atoms in total. The first kappa shape index (κ1) is 22.7. The normalized spacial score (nSPS) is 11.7. The summed E-state index contributed by atoms with van der Waals surface area (Å²) >= 11 is 1.19. The number of thiophene rings is 1. The summed E-state index contributed by atoms with van der Waals surface area (Å²) < 4.78 is 6.36. The third kappa shape index (κ3) is 4.54. The number of hydrogen-bond donors (Lipinski definition) is 1. The Morgan fingerprint density at radius 3 is 2.39 bits per heavy atom. The molecule has 31 heavy (non-hydrogen) atoms. The molecule has 0 atom stereocenters. The molecule has 3 rings (SSSR count). The van der Waals surface area contributed by atoms with Gasteiger partial charge in [0.2, 0.25) is 5.91 Å². The van der Waals surface area contributed by atoms with Crippen molar-refractivity contribution in [1.82, 2.24) is 9.78 Å². The maximum atomic E-state index is 13.4. The van der Waals surface area contributed by atoms with Gasteiger partial charge in [0.1, 0.15) is 5.00 Å². The molecular formula is C23H27N3O4S.